The van der Waals surface area contributed by atoms with E-state index in [0.29, 0.717) is 11.7 Å². The van der Waals surface area contributed by atoms with Gasteiger partial charge in [-0.1, -0.05) is 6.07 Å². The van der Waals surface area contributed by atoms with Crippen LogP contribution in [0.3, 0.4) is 0 Å². The van der Waals surface area contributed by atoms with Crippen LogP contribution in [0.4, 0.5) is 17.5 Å². The molecule has 98 valence electrons. The van der Waals surface area contributed by atoms with Gasteiger partial charge < -0.3 is 20.1 Å². The van der Waals surface area contributed by atoms with E-state index in [1.54, 1.807) is 13.2 Å². The molecule has 1 aliphatic rings. The van der Waals surface area contributed by atoms with Crippen LogP contribution in [0.2, 0.25) is 0 Å². The molecule has 0 aliphatic carbocycles. The van der Waals surface area contributed by atoms with Gasteiger partial charge in [-0.3, -0.25) is 0 Å². The molecule has 2 aromatic rings. The Hall–Kier alpha value is -2.50. The van der Waals surface area contributed by atoms with Crippen LogP contribution in [-0.2, 0) is 0 Å². The number of benzene rings is 1. The Balaban J connectivity index is 1.96. The summed E-state index contributed by atoms with van der Waals surface area (Å²) in [7, 11) is 1.78. The highest BCUT2D eigenvalue weighted by Gasteiger charge is 2.18. The van der Waals surface area contributed by atoms with Crippen molar-refractivity contribution in [3.63, 3.8) is 0 Å². The first kappa shape index (κ1) is 11.6. The normalized spacial score (nSPS) is 12.3. The molecule has 0 saturated heterocycles. The third-order valence-electron chi connectivity index (χ3n) is 2.84. The quantitative estimate of drug-likeness (QED) is 0.880. The van der Waals surface area contributed by atoms with Crippen molar-refractivity contribution in [1.29, 1.82) is 0 Å². The predicted octanol–water partition coefficient (Wildman–Crippen LogP) is 2.30. The summed E-state index contributed by atoms with van der Waals surface area (Å²) in [5.74, 6) is 2.76. The molecule has 1 aliphatic heterocycles. The number of nitrogens with zero attached hydrogens (tertiary/aromatic N) is 2. The molecule has 0 saturated carbocycles. The van der Waals surface area contributed by atoms with Gasteiger partial charge >= 0.3 is 0 Å². The van der Waals surface area contributed by atoms with Crippen LogP contribution in [0.5, 0.6) is 11.5 Å². The van der Waals surface area contributed by atoms with Gasteiger partial charge in [-0.05, 0) is 19.1 Å². The van der Waals surface area contributed by atoms with Crippen molar-refractivity contribution in [1.82, 2.24) is 9.97 Å². The Labute approximate surface area is 110 Å². The Morgan fingerprint density at radius 2 is 2.16 bits per heavy atom. The number of aromatic nitrogens is 2. The van der Waals surface area contributed by atoms with Gasteiger partial charge in [-0.25, -0.2) is 4.98 Å². The van der Waals surface area contributed by atoms with Gasteiger partial charge in [0.1, 0.15) is 5.82 Å². The van der Waals surface area contributed by atoms with Gasteiger partial charge in [0, 0.05) is 18.8 Å². The van der Waals surface area contributed by atoms with Gasteiger partial charge in [0.05, 0.1) is 5.69 Å². The summed E-state index contributed by atoms with van der Waals surface area (Å²) in [5, 5.41) is 6.17. The summed E-state index contributed by atoms with van der Waals surface area (Å²) in [5.41, 5.74) is 1.79. The number of hydrogen-bond acceptors (Lipinski definition) is 6. The zero-order chi connectivity index (χ0) is 13.2. The molecule has 1 aromatic heterocycles. The molecule has 1 aromatic carbocycles. The standard InChI is InChI=1S/C13H14N4O2/c1-8-6-15-13(14-2)17-12(8)16-9-4-3-5-10-11(9)19-7-18-10/h3-6H,7H2,1-2H3,(H2,14,15,16,17). The van der Waals surface area contributed by atoms with E-state index in [0.717, 1.165) is 22.8 Å². The van der Waals surface area contributed by atoms with E-state index in [1.165, 1.54) is 0 Å². The molecule has 2 N–H and O–H groups in total. The molecule has 0 atom stereocenters. The topological polar surface area (TPSA) is 68.3 Å². The monoisotopic (exact) mass is 258 g/mol. The van der Waals surface area contributed by atoms with E-state index in [1.807, 2.05) is 25.1 Å². The van der Waals surface area contributed by atoms with Gasteiger partial charge in [-0.15, -0.1) is 0 Å². The molecule has 0 unspecified atom stereocenters. The van der Waals surface area contributed by atoms with Crippen LogP contribution >= 0.6 is 0 Å². The Kier molecular flexibility index (Phi) is 2.83. The van der Waals surface area contributed by atoms with Crippen molar-refractivity contribution in [3.05, 3.63) is 30.0 Å². The lowest BCUT2D eigenvalue weighted by Crippen LogP contribution is -2.03. The Bertz CT molecular complexity index is 616. The highest BCUT2D eigenvalue weighted by Crippen LogP contribution is 2.40. The number of aryl methyl sites for hydroxylation is 1. The van der Waals surface area contributed by atoms with Crippen molar-refractivity contribution < 1.29 is 9.47 Å². The molecule has 0 fully saturated rings. The number of para-hydroxylation sites is 1. The van der Waals surface area contributed by atoms with Crippen LogP contribution in [0.15, 0.2) is 24.4 Å². The first-order chi connectivity index (χ1) is 9.28. The second-order valence-corrected chi connectivity index (χ2v) is 4.14. The lowest BCUT2D eigenvalue weighted by molar-refractivity contribution is 0.174. The van der Waals surface area contributed by atoms with E-state index in [-0.39, 0.29) is 6.79 Å². The maximum atomic E-state index is 5.45. The average Bonchev–Trinajstić information content (AvgIpc) is 2.90. The van der Waals surface area contributed by atoms with Crippen molar-refractivity contribution in [2.24, 2.45) is 0 Å². The van der Waals surface area contributed by atoms with E-state index in [9.17, 15) is 0 Å². The van der Waals surface area contributed by atoms with Crippen molar-refractivity contribution >= 4 is 17.5 Å². The van der Waals surface area contributed by atoms with Gasteiger partial charge in [0.25, 0.3) is 0 Å². The fourth-order valence-electron chi connectivity index (χ4n) is 1.85. The Morgan fingerprint density at radius 3 is 3.00 bits per heavy atom. The smallest absolute Gasteiger partial charge is 0.231 e. The molecule has 0 radical (unpaired) electrons. The van der Waals surface area contributed by atoms with E-state index in [4.69, 9.17) is 9.47 Å². The van der Waals surface area contributed by atoms with E-state index < -0.39 is 0 Å². The third-order valence-corrected chi connectivity index (χ3v) is 2.84. The molecular weight excluding hydrogens is 244 g/mol. The molecule has 0 spiro atoms. The minimum atomic E-state index is 0.249. The van der Waals surface area contributed by atoms with Gasteiger partial charge in [0.15, 0.2) is 11.5 Å². The summed E-state index contributed by atoms with van der Waals surface area (Å²) in [6, 6.07) is 5.71. The number of nitrogens with one attached hydrogen (secondary N) is 2. The summed E-state index contributed by atoms with van der Waals surface area (Å²) in [4.78, 5) is 8.54. The van der Waals surface area contributed by atoms with Crippen molar-refractivity contribution in [2.45, 2.75) is 6.92 Å². The maximum Gasteiger partial charge on any atom is 0.231 e. The molecular formula is C13H14N4O2. The second kappa shape index (κ2) is 4.64. The largest absolute Gasteiger partial charge is 0.454 e. The molecule has 3 rings (SSSR count). The fraction of sp³-hybridized carbons (Fsp3) is 0.231. The van der Waals surface area contributed by atoms with E-state index >= 15 is 0 Å². The van der Waals surface area contributed by atoms with Crippen LogP contribution in [0.25, 0.3) is 0 Å². The fourth-order valence-corrected chi connectivity index (χ4v) is 1.85. The molecule has 0 amide bonds. The average molecular weight is 258 g/mol. The molecule has 0 bridgehead atoms. The van der Waals surface area contributed by atoms with Crippen LogP contribution in [0.1, 0.15) is 5.56 Å². The number of anilines is 3. The summed E-state index contributed by atoms with van der Waals surface area (Å²) < 4.78 is 10.8. The van der Waals surface area contributed by atoms with Crippen LogP contribution in [-0.4, -0.2) is 23.8 Å². The number of rotatable bonds is 3. The third kappa shape index (κ3) is 2.12. The zero-order valence-electron chi connectivity index (χ0n) is 10.7. The van der Waals surface area contributed by atoms with Crippen LogP contribution in [0, 0.1) is 6.92 Å². The molecule has 19 heavy (non-hydrogen) atoms. The molecule has 2 heterocycles. The van der Waals surface area contributed by atoms with Crippen molar-refractivity contribution in [3.8, 4) is 11.5 Å². The summed E-state index contributed by atoms with van der Waals surface area (Å²) in [6.45, 7) is 2.20. The highest BCUT2D eigenvalue weighted by molar-refractivity contribution is 5.70. The molecule has 6 heteroatoms. The first-order valence-electron chi connectivity index (χ1n) is 5.95. The summed E-state index contributed by atoms with van der Waals surface area (Å²) in [6.07, 6.45) is 1.77. The van der Waals surface area contributed by atoms with Gasteiger partial charge in [0.2, 0.25) is 12.7 Å². The van der Waals surface area contributed by atoms with E-state index in [2.05, 4.69) is 20.6 Å². The number of fused-ring (bicyclic) bond motifs is 1. The SMILES string of the molecule is CNc1ncc(C)c(Nc2cccc3c2OCO3)n1. The van der Waals surface area contributed by atoms with Crippen LogP contribution < -0.4 is 20.1 Å². The Morgan fingerprint density at radius 1 is 1.26 bits per heavy atom. The number of hydrogen-bond donors (Lipinski definition) is 2. The summed E-state index contributed by atoms with van der Waals surface area (Å²) >= 11 is 0. The number of ether oxygens (including phenoxy) is 2. The van der Waals surface area contributed by atoms with Gasteiger partial charge in [-0.2, -0.15) is 4.98 Å². The lowest BCUT2D eigenvalue weighted by atomic mass is 10.2. The highest BCUT2D eigenvalue weighted by atomic mass is 16.7. The lowest BCUT2D eigenvalue weighted by Gasteiger charge is -2.11. The minimum absolute atomic E-state index is 0.249. The first-order valence-corrected chi connectivity index (χ1v) is 5.95. The second-order valence-electron chi connectivity index (χ2n) is 4.14. The maximum absolute atomic E-state index is 5.45. The molecule has 6 nitrogen and oxygen atoms in total. The predicted molar refractivity (Wildman–Crippen MR) is 72.2 cm³/mol. The van der Waals surface area contributed by atoms with Crippen molar-refractivity contribution in [2.75, 3.05) is 24.5 Å². The zero-order valence-corrected chi connectivity index (χ0v) is 10.7. The minimum Gasteiger partial charge on any atom is -0.454 e.